The molecule has 7 heteroatoms. The first-order valence-corrected chi connectivity index (χ1v) is 8.53. The zero-order valence-corrected chi connectivity index (χ0v) is 13.8. The summed E-state index contributed by atoms with van der Waals surface area (Å²) in [5.74, 6) is 2.69. The summed E-state index contributed by atoms with van der Waals surface area (Å²) in [5, 5.41) is 8.04. The van der Waals surface area contributed by atoms with Gasteiger partial charge in [-0.15, -0.1) is 0 Å². The molecule has 3 heterocycles. The molecule has 1 aromatic heterocycles. The average molecular weight is 330 g/mol. The molecule has 1 fully saturated rings. The van der Waals surface area contributed by atoms with Crippen LogP contribution in [0.1, 0.15) is 37.1 Å². The highest BCUT2D eigenvalue weighted by atomic mass is 16.7. The quantitative estimate of drug-likeness (QED) is 0.915. The van der Waals surface area contributed by atoms with Crippen LogP contribution in [0.5, 0.6) is 11.5 Å². The van der Waals surface area contributed by atoms with Gasteiger partial charge in [0.25, 0.3) is 0 Å². The van der Waals surface area contributed by atoms with Gasteiger partial charge >= 0.3 is 5.69 Å². The smallest absolute Gasteiger partial charge is 0.346 e. The van der Waals surface area contributed by atoms with Crippen LogP contribution in [0.4, 0.5) is 0 Å². The molecule has 1 atom stereocenters. The molecule has 1 saturated heterocycles. The standard InChI is InChI=1S/C17H22N4O3/c1-2-20-16(13-4-3-7-18-9-13)19-21(17(20)22)10-12-5-6-14-15(8-12)24-11-23-14/h5-6,8,13,18H,2-4,7,9-11H2,1H3/t13-/m1/s1. The summed E-state index contributed by atoms with van der Waals surface area (Å²) in [5.41, 5.74) is 0.936. The fourth-order valence-electron chi connectivity index (χ4n) is 3.44. The zero-order chi connectivity index (χ0) is 16.5. The zero-order valence-electron chi connectivity index (χ0n) is 13.8. The van der Waals surface area contributed by atoms with E-state index in [1.54, 1.807) is 9.25 Å². The highest BCUT2D eigenvalue weighted by Crippen LogP contribution is 2.32. The molecule has 0 saturated carbocycles. The number of piperidine rings is 1. The lowest BCUT2D eigenvalue weighted by Gasteiger charge is -2.21. The van der Waals surface area contributed by atoms with Crippen LogP contribution in [0.2, 0.25) is 0 Å². The van der Waals surface area contributed by atoms with Crippen LogP contribution >= 0.6 is 0 Å². The molecule has 24 heavy (non-hydrogen) atoms. The van der Waals surface area contributed by atoms with Crippen molar-refractivity contribution in [2.24, 2.45) is 0 Å². The van der Waals surface area contributed by atoms with E-state index in [0.717, 1.165) is 48.8 Å². The molecule has 2 aliphatic heterocycles. The fourth-order valence-corrected chi connectivity index (χ4v) is 3.44. The van der Waals surface area contributed by atoms with Crippen molar-refractivity contribution in [2.75, 3.05) is 19.9 Å². The summed E-state index contributed by atoms with van der Waals surface area (Å²) < 4.78 is 14.1. The first-order valence-electron chi connectivity index (χ1n) is 8.53. The number of ether oxygens (including phenoxy) is 2. The molecule has 0 aliphatic carbocycles. The van der Waals surface area contributed by atoms with Crippen LogP contribution in [0, 0.1) is 0 Å². The van der Waals surface area contributed by atoms with Gasteiger partial charge in [-0.2, -0.15) is 5.10 Å². The van der Waals surface area contributed by atoms with Crippen molar-refractivity contribution in [3.8, 4) is 11.5 Å². The Kier molecular flexibility index (Phi) is 4.02. The van der Waals surface area contributed by atoms with E-state index in [1.165, 1.54) is 0 Å². The Bertz CT molecular complexity index is 790. The van der Waals surface area contributed by atoms with E-state index in [1.807, 2.05) is 25.1 Å². The molecule has 0 spiro atoms. The molecular weight excluding hydrogens is 308 g/mol. The molecule has 1 N–H and O–H groups in total. The molecular formula is C17H22N4O3. The number of hydrogen-bond donors (Lipinski definition) is 1. The van der Waals surface area contributed by atoms with E-state index in [9.17, 15) is 4.79 Å². The van der Waals surface area contributed by atoms with Crippen LogP contribution in [-0.4, -0.2) is 34.2 Å². The largest absolute Gasteiger partial charge is 0.454 e. The predicted octanol–water partition coefficient (Wildman–Crippen LogP) is 1.31. The molecule has 2 aliphatic rings. The third kappa shape index (κ3) is 2.69. The van der Waals surface area contributed by atoms with Crippen LogP contribution < -0.4 is 20.5 Å². The number of fused-ring (bicyclic) bond motifs is 1. The second-order valence-electron chi connectivity index (χ2n) is 6.27. The van der Waals surface area contributed by atoms with Crippen LogP contribution in [-0.2, 0) is 13.1 Å². The van der Waals surface area contributed by atoms with Crippen molar-refractivity contribution in [3.63, 3.8) is 0 Å². The normalized spacial score (nSPS) is 19.6. The van der Waals surface area contributed by atoms with Gasteiger partial charge in [-0.05, 0) is 44.0 Å². The van der Waals surface area contributed by atoms with E-state index in [2.05, 4.69) is 10.4 Å². The number of hydrogen-bond acceptors (Lipinski definition) is 5. The molecule has 2 aromatic rings. The van der Waals surface area contributed by atoms with Gasteiger partial charge in [-0.25, -0.2) is 9.48 Å². The van der Waals surface area contributed by atoms with Gasteiger partial charge in [-0.3, -0.25) is 4.57 Å². The Labute approximate surface area is 140 Å². The van der Waals surface area contributed by atoms with Crippen molar-refractivity contribution in [3.05, 3.63) is 40.1 Å². The first kappa shape index (κ1) is 15.3. The summed E-state index contributed by atoms with van der Waals surface area (Å²) in [7, 11) is 0. The second kappa shape index (κ2) is 6.32. The third-order valence-corrected chi connectivity index (χ3v) is 4.70. The lowest BCUT2D eigenvalue weighted by Crippen LogP contribution is -2.31. The number of nitrogens with zero attached hydrogens (tertiary/aromatic N) is 3. The van der Waals surface area contributed by atoms with Crippen molar-refractivity contribution < 1.29 is 9.47 Å². The maximum Gasteiger partial charge on any atom is 0.346 e. The summed E-state index contributed by atoms with van der Waals surface area (Å²) in [6, 6.07) is 5.75. The highest BCUT2D eigenvalue weighted by molar-refractivity contribution is 5.44. The van der Waals surface area contributed by atoms with Crippen molar-refractivity contribution in [1.29, 1.82) is 0 Å². The SMILES string of the molecule is CCn1c([C@@H]2CCCNC2)nn(Cc2ccc3c(c2)OCO3)c1=O. The molecule has 0 radical (unpaired) electrons. The summed E-state index contributed by atoms with van der Waals surface area (Å²) in [6.07, 6.45) is 2.20. The molecule has 128 valence electrons. The molecule has 4 rings (SSSR count). The van der Waals surface area contributed by atoms with Crippen LogP contribution in [0.25, 0.3) is 0 Å². The average Bonchev–Trinajstić information content (AvgIpc) is 3.20. The van der Waals surface area contributed by atoms with Crippen LogP contribution in [0.15, 0.2) is 23.0 Å². The van der Waals surface area contributed by atoms with Gasteiger partial charge in [0.15, 0.2) is 11.5 Å². The Hall–Kier alpha value is -2.28. The highest BCUT2D eigenvalue weighted by Gasteiger charge is 2.23. The van der Waals surface area contributed by atoms with Crippen molar-refractivity contribution in [1.82, 2.24) is 19.7 Å². The molecule has 0 bridgehead atoms. The van der Waals surface area contributed by atoms with E-state index < -0.39 is 0 Å². The summed E-state index contributed by atoms with van der Waals surface area (Å²) in [6.45, 7) is 5.27. The first-order chi connectivity index (χ1) is 11.8. The van der Waals surface area contributed by atoms with E-state index in [0.29, 0.717) is 19.0 Å². The lowest BCUT2D eigenvalue weighted by molar-refractivity contribution is 0.174. The predicted molar refractivity (Wildman–Crippen MR) is 88.7 cm³/mol. The molecule has 7 nitrogen and oxygen atoms in total. The van der Waals surface area contributed by atoms with Crippen molar-refractivity contribution in [2.45, 2.75) is 38.8 Å². The molecule has 0 amide bonds. The second-order valence-corrected chi connectivity index (χ2v) is 6.27. The maximum atomic E-state index is 12.7. The van der Waals surface area contributed by atoms with E-state index >= 15 is 0 Å². The van der Waals surface area contributed by atoms with Gasteiger partial charge in [0.2, 0.25) is 6.79 Å². The minimum absolute atomic E-state index is 0.0456. The lowest BCUT2D eigenvalue weighted by atomic mass is 9.99. The van der Waals surface area contributed by atoms with Crippen molar-refractivity contribution >= 4 is 0 Å². The Morgan fingerprint density at radius 1 is 1.33 bits per heavy atom. The van der Waals surface area contributed by atoms with Gasteiger partial charge in [0.1, 0.15) is 5.82 Å². The van der Waals surface area contributed by atoms with Crippen LogP contribution in [0.3, 0.4) is 0 Å². The number of aromatic nitrogens is 3. The minimum Gasteiger partial charge on any atom is -0.454 e. The topological polar surface area (TPSA) is 70.3 Å². The number of benzene rings is 1. The Morgan fingerprint density at radius 2 is 2.21 bits per heavy atom. The van der Waals surface area contributed by atoms with Gasteiger partial charge in [0.05, 0.1) is 6.54 Å². The van der Waals surface area contributed by atoms with Gasteiger partial charge in [-0.1, -0.05) is 6.07 Å². The third-order valence-electron chi connectivity index (χ3n) is 4.70. The molecule has 1 aromatic carbocycles. The monoisotopic (exact) mass is 330 g/mol. The molecule has 0 unspecified atom stereocenters. The van der Waals surface area contributed by atoms with E-state index in [-0.39, 0.29) is 12.5 Å². The Balaban J connectivity index is 1.63. The maximum absolute atomic E-state index is 12.7. The van der Waals surface area contributed by atoms with E-state index in [4.69, 9.17) is 9.47 Å². The van der Waals surface area contributed by atoms with Gasteiger partial charge in [0, 0.05) is 19.0 Å². The number of rotatable bonds is 4. The summed E-state index contributed by atoms with van der Waals surface area (Å²) in [4.78, 5) is 12.7. The number of nitrogens with one attached hydrogen (secondary N) is 1. The van der Waals surface area contributed by atoms with Gasteiger partial charge < -0.3 is 14.8 Å². The summed E-state index contributed by atoms with van der Waals surface area (Å²) >= 11 is 0. The fraction of sp³-hybridized carbons (Fsp3) is 0.529. The minimum atomic E-state index is -0.0456. The Morgan fingerprint density at radius 3 is 3.00 bits per heavy atom.